The van der Waals surface area contributed by atoms with Gasteiger partial charge in [-0.05, 0) is 61.3 Å². The van der Waals surface area contributed by atoms with E-state index in [0.717, 1.165) is 29.9 Å². The van der Waals surface area contributed by atoms with Gasteiger partial charge in [-0.3, -0.25) is 4.79 Å². The number of amides is 1. The zero-order valence-corrected chi connectivity index (χ0v) is 15.1. The molecule has 24 heavy (non-hydrogen) atoms. The molecule has 2 fully saturated rings. The van der Waals surface area contributed by atoms with Crippen molar-refractivity contribution in [1.82, 2.24) is 5.32 Å². The predicted octanol–water partition coefficient (Wildman–Crippen LogP) is 2.16. The molecule has 5 nitrogen and oxygen atoms in total. The van der Waals surface area contributed by atoms with Gasteiger partial charge in [0, 0.05) is 12.6 Å². The van der Waals surface area contributed by atoms with Gasteiger partial charge in [0.05, 0.1) is 20.1 Å². The fourth-order valence-corrected chi connectivity index (χ4v) is 4.24. The molecule has 3 N–H and O–H groups in total. The smallest absolute Gasteiger partial charge is 0.224 e. The Morgan fingerprint density at radius 3 is 2.62 bits per heavy atom. The second kappa shape index (κ2) is 8.08. The number of nitrogens with two attached hydrogens (primary N) is 1. The van der Waals surface area contributed by atoms with Crippen LogP contribution in [0.3, 0.4) is 0 Å². The first-order chi connectivity index (χ1) is 11.1. The third-order valence-corrected chi connectivity index (χ3v) is 5.46. The van der Waals surface area contributed by atoms with Crippen molar-refractivity contribution in [1.29, 1.82) is 0 Å². The van der Waals surface area contributed by atoms with Crippen LogP contribution in [0.4, 0.5) is 0 Å². The molecular formula is C18H27ClN2O3. The van der Waals surface area contributed by atoms with Crippen LogP contribution >= 0.6 is 12.4 Å². The van der Waals surface area contributed by atoms with E-state index >= 15 is 0 Å². The molecule has 0 heterocycles. The summed E-state index contributed by atoms with van der Waals surface area (Å²) < 4.78 is 10.6. The van der Waals surface area contributed by atoms with E-state index in [1.54, 1.807) is 14.2 Å². The zero-order valence-electron chi connectivity index (χ0n) is 14.3. The fraction of sp³-hybridized carbons (Fsp3) is 0.611. The number of fused-ring (bicyclic) bond motifs is 2. The Morgan fingerprint density at radius 1 is 1.25 bits per heavy atom. The molecule has 2 aliphatic carbocycles. The summed E-state index contributed by atoms with van der Waals surface area (Å²) in [4.78, 5) is 12.5. The van der Waals surface area contributed by atoms with Crippen LogP contribution in [0, 0.1) is 17.8 Å². The summed E-state index contributed by atoms with van der Waals surface area (Å²) in [6.07, 6.45) is 4.18. The number of halogens is 1. The average Bonchev–Trinajstić information content (AvgIpc) is 3.15. The number of nitrogens with one attached hydrogen (secondary N) is 1. The lowest BCUT2D eigenvalue weighted by molar-refractivity contribution is -0.127. The summed E-state index contributed by atoms with van der Waals surface area (Å²) in [5, 5.41) is 3.06. The Bertz CT molecular complexity index is 579. The van der Waals surface area contributed by atoms with Crippen LogP contribution in [0.5, 0.6) is 11.5 Å². The quantitative estimate of drug-likeness (QED) is 0.821. The molecule has 1 aromatic rings. The van der Waals surface area contributed by atoms with Crippen molar-refractivity contribution in [2.24, 2.45) is 23.5 Å². The van der Waals surface area contributed by atoms with Crippen molar-refractivity contribution < 1.29 is 14.3 Å². The number of benzene rings is 1. The molecule has 1 amide bonds. The lowest BCUT2D eigenvalue weighted by Crippen LogP contribution is -2.45. The summed E-state index contributed by atoms with van der Waals surface area (Å²) in [6.45, 7) is 0.586. The fourth-order valence-electron chi connectivity index (χ4n) is 4.24. The van der Waals surface area contributed by atoms with Gasteiger partial charge in [-0.15, -0.1) is 12.4 Å². The van der Waals surface area contributed by atoms with Crippen LogP contribution in [0.2, 0.25) is 0 Å². The van der Waals surface area contributed by atoms with Crippen LogP contribution in [0.1, 0.15) is 24.8 Å². The molecule has 0 spiro atoms. The Hall–Kier alpha value is -1.46. The Balaban J connectivity index is 0.00000208. The molecule has 0 saturated heterocycles. The highest BCUT2D eigenvalue weighted by molar-refractivity contribution is 5.85. The molecule has 3 rings (SSSR count). The van der Waals surface area contributed by atoms with Crippen molar-refractivity contribution >= 4 is 18.3 Å². The first kappa shape index (κ1) is 18.9. The van der Waals surface area contributed by atoms with E-state index in [9.17, 15) is 4.79 Å². The summed E-state index contributed by atoms with van der Waals surface area (Å²) in [5.41, 5.74) is 7.27. The number of methoxy groups -OCH3 is 2. The van der Waals surface area contributed by atoms with E-state index in [1.165, 1.54) is 6.42 Å². The lowest BCUT2D eigenvalue weighted by atomic mass is 9.84. The van der Waals surface area contributed by atoms with Crippen molar-refractivity contribution in [3.05, 3.63) is 23.8 Å². The Kier molecular flexibility index (Phi) is 6.35. The maximum Gasteiger partial charge on any atom is 0.224 e. The highest BCUT2D eigenvalue weighted by atomic mass is 35.5. The SMILES string of the molecule is COc1ccc(OC)c(CCNC(=O)C2C3CCC(C3)C2N)c1.Cl. The minimum absolute atomic E-state index is 0. The predicted molar refractivity (Wildman–Crippen MR) is 95.8 cm³/mol. The van der Waals surface area contributed by atoms with E-state index in [0.29, 0.717) is 24.8 Å². The molecule has 4 unspecified atom stereocenters. The van der Waals surface area contributed by atoms with Gasteiger partial charge in [-0.25, -0.2) is 0 Å². The molecule has 0 radical (unpaired) electrons. The molecule has 0 aromatic heterocycles. The van der Waals surface area contributed by atoms with Gasteiger partial charge >= 0.3 is 0 Å². The van der Waals surface area contributed by atoms with E-state index in [-0.39, 0.29) is 30.3 Å². The number of hydrogen-bond acceptors (Lipinski definition) is 4. The van der Waals surface area contributed by atoms with Gasteiger partial charge in [0.2, 0.25) is 5.91 Å². The molecule has 2 aliphatic rings. The van der Waals surface area contributed by atoms with Crippen molar-refractivity contribution in [2.75, 3.05) is 20.8 Å². The molecule has 2 bridgehead atoms. The average molecular weight is 355 g/mol. The third kappa shape index (κ3) is 3.62. The van der Waals surface area contributed by atoms with Crippen LogP contribution in [-0.2, 0) is 11.2 Å². The second-order valence-corrected chi connectivity index (χ2v) is 6.66. The van der Waals surface area contributed by atoms with Crippen molar-refractivity contribution in [3.8, 4) is 11.5 Å². The second-order valence-electron chi connectivity index (χ2n) is 6.66. The third-order valence-electron chi connectivity index (χ3n) is 5.46. The molecule has 4 atom stereocenters. The number of hydrogen-bond donors (Lipinski definition) is 2. The highest BCUT2D eigenvalue weighted by Crippen LogP contribution is 2.47. The van der Waals surface area contributed by atoms with Crippen LogP contribution in [0.25, 0.3) is 0 Å². The minimum atomic E-state index is 0. The Labute approximate surface area is 149 Å². The number of carbonyl (C=O) groups excluding carboxylic acids is 1. The van der Waals surface area contributed by atoms with Gasteiger partial charge in [0.1, 0.15) is 11.5 Å². The summed E-state index contributed by atoms with van der Waals surface area (Å²) in [6, 6.07) is 5.76. The van der Waals surface area contributed by atoms with E-state index in [2.05, 4.69) is 5.32 Å². The van der Waals surface area contributed by atoms with Crippen molar-refractivity contribution in [2.45, 2.75) is 31.7 Å². The van der Waals surface area contributed by atoms with Crippen LogP contribution in [0.15, 0.2) is 18.2 Å². The monoisotopic (exact) mass is 354 g/mol. The molecule has 0 aliphatic heterocycles. The molecule has 1 aromatic carbocycles. The zero-order chi connectivity index (χ0) is 16.4. The van der Waals surface area contributed by atoms with Crippen LogP contribution in [-0.4, -0.2) is 32.7 Å². The first-order valence-corrected chi connectivity index (χ1v) is 8.38. The van der Waals surface area contributed by atoms with Crippen LogP contribution < -0.4 is 20.5 Å². The molecule has 2 saturated carbocycles. The first-order valence-electron chi connectivity index (χ1n) is 8.38. The summed E-state index contributed by atoms with van der Waals surface area (Å²) in [7, 11) is 3.29. The molecule has 134 valence electrons. The maximum atomic E-state index is 12.5. The molecule has 6 heteroatoms. The maximum absolute atomic E-state index is 12.5. The van der Waals surface area contributed by atoms with Gasteiger partial charge in [0.25, 0.3) is 0 Å². The Morgan fingerprint density at radius 2 is 2.00 bits per heavy atom. The van der Waals surface area contributed by atoms with Gasteiger partial charge < -0.3 is 20.5 Å². The summed E-state index contributed by atoms with van der Waals surface area (Å²) >= 11 is 0. The summed E-state index contributed by atoms with van der Waals surface area (Å²) in [5.74, 6) is 2.77. The van der Waals surface area contributed by atoms with Gasteiger partial charge in [-0.1, -0.05) is 0 Å². The van der Waals surface area contributed by atoms with E-state index in [1.807, 2.05) is 18.2 Å². The molecular weight excluding hydrogens is 328 g/mol. The largest absolute Gasteiger partial charge is 0.497 e. The lowest BCUT2D eigenvalue weighted by Gasteiger charge is -2.27. The minimum Gasteiger partial charge on any atom is -0.497 e. The van der Waals surface area contributed by atoms with E-state index in [4.69, 9.17) is 15.2 Å². The standard InChI is InChI=1S/C18H26N2O3.ClH/c1-22-14-5-6-15(23-2)11(10-14)7-8-20-18(21)16-12-3-4-13(9-12)17(16)19;/h5-6,10,12-13,16-17H,3-4,7-9,19H2,1-2H3,(H,20,21);1H. The highest BCUT2D eigenvalue weighted by Gasteiger charge is 2.48. The number of ether oxygens (including phenoxy) is 2. The van der Waals surface area contributed by atoms with Gasteiger partial charge in [-0.2, -0.15) is 0 Å². The van der Waals surface area contributed by atoms with E-state index < -0.39 is 0 Å². The van der Waals surface area contributed by atoms with Crippen molar-refractivity contribution in [3.63, 3.8) is 0 Å². The number of carbonyl (C=O) groups is 1. The topological polar surface area (TPSA) is 73.6 Å². The normalized spacial score (nSPS) is 27.5. The number of rotatable bonds is 6. The van der Waals surface area contributed by atoms with Gasteiger partial charge in [0.15, 0.2) is 0 Å².